The molecule has 0 aromatic heterocycles. The highest BCUT2D eigenvalue weighted by atomic mass is 16.4. The predicted octanol–water partition coefficient (Wildman–Crippen LogP) is 2.79. The lowest BCUT2D eigenvalue weighted by atomic mass is 10.2. The van der Waals surface area contributed by atoms with Gasteiger partial charge < -0.3 is 5.21 Å². The van der Waals surface area contributed by atoms with Crippen LogP contribution in [0.1, 0.15) is 39.0 Å². The molecule has 0 saturated heterocycles. The topological polar surface area (TPSA) is 27.4 Å². The molecule has 2 heteroatoms. The van der Waals surface area contributed by atoms with E-state index < -0.39 is 0 Å². The van der Waals surface area contributed by atoms with E-state index in [9.17, 15) is 5.21 Å². The molecular formula is C7H13NO. The molecule has 2 nitrogen and oxygen atoms in total. The Balaban J connectivity index is 2.80. The minimum atomic E-state index is 0.726. The summed E-state index contributed by atoms with van der Waals surface area (Å²) in [5.74, 6) is 0. The molecule has 9 heavy (non-hydrogen) atoms. The standard InChI is InChI=1S/C7H13NO/c1-2-3-4-5-6-7-8-9/h2-6H2,1H3. The molecule has 0 aliphatic heterocycles. The van der Waals surface area contributed by atoms with Crippen LogP contribution in [0, 0.1) is 11.3 Å². The Morgan fingerprint density at radius 2 is 2.11 bits per heavy atom. The first kappa shape index (κ1) is 8.29. The van der Waals surface area contributed by atoms with Crippen molar-refractivity contribution in [1.82, 2.24) is 0 Å². The molecule has 0 aromatic rings. The highest BCUT2D eigenvalue weighted by Crippen LogP contribution is 2.00. The lowest BCUT2D eigenvalue weighted by molar-refractivity contribution is 0.679. The fourth-order valence-corrected chi connectivity index (χ4v) is 0.676. The number of rotatable bonds is 4. The van der Waals surface area contributed by atoms with Gasteiger partial charge in [0, 0.05) is 5.01 Å². The summed E-state index contributed by atoms with van der Waals surface area (Å²) in [4.78, 5) is 0. The quantitative estimate of drug-likeness (QED) is 0.421. The molecule has 0 saturated carbocycles. The van der Waals surface area contributed by atoms with Crippen LogP contribution in [0.5, 0.6) is 0 Å². The van der Waals surface area contributed by atoms with E-state index in [1.54, 1.807) is 0 Å². The van der Waals surface area contributed by atoms with Crippen molar-refractivity contribution in [2.24, 2.45) is 0 Å². The third-order valence-corrected chi connectivity index (χ3v) is 1.21. The summed E-state index contributed by atoms with van der Waals surface area (Å²) >= 11 is 0. The van der Waals surface area contributed by atoms with E-state index in [0.29, 0.717) is 0 Å². The van der Waals surface area contributed by atoms with E-state index in [-0.39, 0.29) is 0 Å². The van der Waals surface area contributed by atoms with Crippen LogP contribution in [-0.2, 0) is 0 Å². The van der Waals surface area contributed by atoms with Crippen LogP contribution in [0.3, 0.4) is 0 Å². The van der Waals surface area contributed by atoms with E-state index in [0.717, 1.165) is 12.8 Å². The molecule has 0 rings (SSSR count). The maximum atomic E-state index is 9.48. The van der Waals surface area contributed by atoms with Gasteiger partial charge in [-0.2, -0.15) is 0 Å². The minimum Gasteiger partial charge on any atom is -0.498 e. The molecule has 0 atom stereocenters. The summed E-state index contributed by atoms with van der Waals surface area (Å²) in [6.07, 6.45) is 5.46. The van der Waals surface area contributed by atoms with Gasteiger partial charge in [0.05, 0.1) is 6.42 Å². The summed E-state index contributed by atoms with van der Waals surface area (Å²) in [6.45, 7) is 2.16. The average molecular weight is 127 g/mol. The van der Waals surface area contributed by atoms with Crippen LogP contribution in [0.15, 0.2) is 0 Å². The number of hydrogen-bond donors (Lipinski definition) is 0. The van der Waals surface area contributed by atoms with Crippen molar-refractivity contribution < 1.29 is 0 Å². The van der Waals surface area contributed by atoms with Crippen molar-refractivity contribution in [3.05, 3.63) is 10.2 Å². The first-order chi connectivity index (χ1) is 4.41. The molecular weight excluding hydrogens is 114 g/mol. The Labute approximate surface area is 56.3 Å². The molecule has 0 aliphatic carbocycles. The van der Waals surface area contributed by atoms with Crippen LogP contribution >= 0.6 is 0 Å². The van der Waals surface area contributed by atoms with Crippen LogP contribution in [-0.4, -0.2) is 0 Å². The van der Waals surface area contributed by atoms with E-state index in [1.807, 2.05) is 0 Å². The molecule has 0 heterocycles. The zero-order valence-electron chi connectivity index (χ0n) is 5.89. The van der Waals surface area contributed by atoms with Gasteiger partial charge in [0.2, 0.25) is 0 Å². The largest absolute Gasteiger partial charge is 0.498 e. The molecule has 0 fully saturated rings. The number of nitrogens with zero attached hydrogens (tertiary/aromatic N) is 1. The first-order valence-corrected chi connectivity index (χ1v) is 3.47. The Hall–Kier alpha value is -0.710. The minimum absolute atomic E-state index is 0.726. The maximum Gasteiger partial charge on any atom is 0.298 e. The van der Waals surface area contributed by atoms with Gasteiger partial charge in [-0.25, -0.2) is 0 Å². The summed E-state index contributed by atoms with van der Waals surface area (Å²) in [5.41, 5.74) is 0. The van der Waals surface area contributed by atoms with Crippen LogP contribution in [0.2, 0.25) is 0 Å². The highest BCUT2D eigenvalue weighted by Gasteiger charge is 1.87. The van der Waals surface area contributed by atoms with Crippen LogP contribution in [0.25, 0.3) is 5.01 Å². The van der Waals surface area contributed by atoms with Gasteiger partial charge in [0.25, 0.3) is 6.07 Å². The molecule has 0 amide bonds. The monoisotopic (exact) mass is 127 g/mol. The summed E-state index contributed by atoms with van der Waals surface area (Å²) < 4.78 is 0. The summed E-state index contributed by atoms with van der Waals surface area (Å²) in [6, 6.07) is 2.38. The van der Waals surface area contributed by atoms with Crippen molar-refractivity contribution >= 4 is 0 Å². The van der Waals surface area contributed by atoms with Gasteiger partial charge in [-0.15, -0.1) is 0 Å². The maximum absolute atomic E-state index is 9.48. The second-order valence-electron chi connectivity index (χ2n) is 2.06. The lowest BCUT2D eigenvalue weighted by Crippen LogP contribution is -1.72. The molecule has 0 radical (unpaired) electrons. The lowest BCUT2D eigenvalue weighted by Gasteiger charge is -1.88. The molecule has 0 bridgehead atoms. The zero-order valence-corrected chi connectivity index (χ0v) is 5.89. The normalized spacial score (nSPS) is 8.11. The highest BCUT2D eigenvalue weighted by molar-refractivity contribution is 4.85. The van der Waals surface area contributed by atoms with E-state index in [1.165, 1.54) is 19.3 Å². The van der Waals surface area contributed by atoms with Gasteiger partial charge in [-0.1, -0.05) is 26.2 Å². The molecule has 52 valence electrons. The van der Waals surface area contributed by atoms with Gasteiger partial charge in [-0.05, 0) is 6.42 Å². The van der Waals surface area contributed by atoms with Gasteiger partial charge in [-0.3, -0.25) is 0 Å². The third-order valence-electron chi connectivity index (χ3n) is 1.21. The summed E-state index contributed by atoms with van der Waals surface area (Å²) in [5, 5.41) is 12.0. The Morgan fingerprint density at radius 3 is 2.67 bits per heavy atom. The zero-order chi connectivity index (χ0) is 6.95. The van der Waals surface area contributed by atoms with E-state index in [2.05, 4.69) is 18.0 Å². The predicted molar refractivity (Wildman–Crippen MR) is 39.4 cm³/mol. The molecule has 0 aliphatic rings. The smallest absolute Gasteiger partial charge is 0.298 e. The van der Waals surface area contributed by atoms with Crippen molar-refractivity contribution in [2.75, 3.05) is 0 Å². The van der Waals surface area contributed by atoms with E-state index >= 15 is 0 Å². The SMILES string of the molecule is CCCCCCC#[N+][O-]. The van der Waals surface area contributed by atoms with E-state index in [4.69, 9.17) is 0 Å². The fourth-order valence-electron chi connectivity index (χ4n) is 0.676. The fraction of sp³-hybridized carbons (Fsp3) is 0.857. The Morgan fingerprint density at radius 1 is 1.33 bits per heavy atom. The van der Waals surface area contributed by atoms with Crippen molar-refractivity contribution in [3.63, 3.8) is 0 Å². The second kappa shape index (κ2) is 7.29. The summed E-state index contributed by atoms with van der Waals surface area (Å²) in [7, 11) is 0. The number of unbranched alkanes of at least 4 members (excludes halogenated alkanes) is 4. The van der Waals surface area contributed by atoms with Crippen LogP contribution in [0.4, 0.5) is 0 Å². The molecule has 0 unspecified atom stereocenters. The molecule has 0 aromatic carbocycles. The number of hydrogen-bond acceptors (Lipinski definition) is 1. The Bertz CT molecular complexity index is 101. The van der Waals surface area contributed by atoms with Gasteiger partial charge in [0.1, 0.15) is 0 Å². The first-order valence-electron chi connectivity index (χ1n) is 3.47. The van der Waals surface area contributed by atoms with Crippen molar-refractivity contribution in [1.29, 1.82) is 0 Å². The Kier molecular flexibility index (Phi) is 6.71. The molecule has 0 spiro atoms. The van der Waals surface area contributed by atoms with Crippen molar-refractivity contribution in [3.8, 4) is 6.07 Å². The average Bonchev–Trinajstić information content (AvgIpc) is 1.89. The third kappa shape index (κ3) is 7.29. The second-order valence-corrected chi connectivity index (χ2v) is 2.06. The van der Waals surface area contributed by atoms with Gasteiger partial charge in [0.15, 0.2) is 0 Å². The van der Waals surface area contributed by atoms with Gasteiger partial charge >= 0.3 is 0 Å². The van der Waals surface area contributed by atoms with Crippen LogP contribution < -0.4 is 0 Å². The molecule has 0 N–H and O–H groups in total. The van der Waals surface area contributed by atoms with Crippen molar-refractivity contribution in [2.45, 2.75) is 39.0 Å².